The van der Waals surface area contributed by atoms with Gasteiger partial charge < -0.3 is 9.30 Å². The van der Waals surface area contributed by atoms with Gasteiger partial charge in [0, 0.05) is 18.2 Å². The number of carbonyl (C=O) groups excluding carboxylic acids is 2. The van der Waals surface area contributed by atoms with E-state index >= 15 is 0 Å². The molecule has 4 aromatic rings. The summed E-state index contributed by atoms with van der Waals surface area (Å²) in [7, 11) is 1.82. The van der Waals surface area contributed by atoms with Crippen LogP contribution in [0.2, 0.25) is 0 Å². The Kier molecular flexibility index (Phi) is 6.63. The Bertz CT molecular complexity index is 1710. The monoisotopic (exact) mass is 575 g/mol. The highest BCUT2D eigenvalue weighted by Gasteiger charge is 2.55. The van der Waals surface area contributed by atoms with Crippen LogP contribution in [0.15, 0.2) is 60.9 Å². The zero-order valence-electron chi connectivity index (χ0n) is 23.3. The van der Waals surface area contributed by atoms with E-state index < -0.39 is 29.0 Å². The summed E-state index contributed by atoms with van der Waals surface area (Å²) >= 11 is 0. The number of aromatic nitrogens is 4. The molecule has 2 aliphatic rings. The Morgan fingerprint density at radius 3 is 2.40 bits per heavy atom. The Morgan fingerprint density at radius 1 is 1.05 bits per heavy atom. The molecule has 216 valence electrons. The lowest BCUT2D eigenvalue weighted by Crippen LogP contribution is -2.28. The minimum Gasteiger partial charge on any atom is -0.465 e. The zero-order valence-corrected chi connectivity index (χ0v) is 23.3. The fourth-order valence-electron chi connectivity index (χ4n) is 5.37. The fourth-order valence-corrected chi connectivity index (χ4v) is 5.37. The van der Waals surface area contributed by atoms with Gasteiger partial charge in [0.2, 0.25) is 0 Å². The number of aryl methyl sites for hydroxylation is 1. The maximum Gasteiger partial charge on any atom is 0.416 e. The minimum absolute atomic E-state index is 0.0180. The molecule has 2 aromatic carbocycles. The standard InChI is InChI=1S/C31H28F3N5O3/c1-18(2)16-42-29(41)30(11-12-30)25-13-19(20-7-4-5-8-21(20)27-37-35-17-38(27)3)14-26(36-25)39-15-23-22(28(39)40)9-6-10-24(23)31(32,33)34/h4-10,13-14,17-18H,11-12,15-16H2,1-3H3. The highest BCUT2D eigenvalue weighted by Crippen LogP contribution is 2.50. The van der Waals surface area contributed by atoms with Gasteiger partial charge in [-0.3, -0.25) is 14.5 Å². The molecule has 1 fully saturated rings. The second kappa shape index (κ2) is 10.1. The van der Waals surface area contributed by atoms with Crippen molar-refractivity contribution in [3.8, 4) is 22.5 Å². The molecular weight excluding hydrogens is 547 g/mol. The summed E-state index contributed by atoms with van der Waals surface area (Å²) in [6.45, 7) is 3.84. The van der Waals surface area contributed by atoms with Crippen LogP contribution in [0.4, 0.5) is 19.0 Å². The third-order valence-electron chi connectivity index (χ3n) is 7.73. The number of esters is 1. The molecule has 3 heterocycles. The van der Waals surface area contributed by atoms with Gasteiger partial charge in [-0.25, -0.2) is 4.98 Å². The summed E-state index contributed by atoms with van der Waals surface area (Å²) in [6, 6.07) is 14.6. The van der Waals surface area contributed by atoms with E-state index in [1.54, 1.807) is 23.0 Å². The third kappa shape index (κ3) is 4.72. The lowest BCUT2D eigenvalue weighted by atomic mass is 9.94. The molecule has 11 heteroatoms. The van der Waals surface area contributed by atoms with Crippen LogP contribution in [0.25, 0.3) is 22.5 Å². The third-order valence-corrected chi connectivity index (χ3v) is 7.73. The number of fused-ring (bicyclic) bond motifs is 1. The first-order valence-corrected chi connectivity index (χ1v) is 13.6. The van der Waals surface area contributed by atoms with E-state index in [-0.39, 0.29) is 36.0 Å². The maximum absolute atomic E-state index is 13.8. The number of carbonyl (C=O) groups is 2. The van der Waals surface area contributed by atoms with E-state index in [0.717, 1.165) is 17.2 Å². The molecule has 1 saturated carbocycles. The molecule has 1 aliphatic carbocycles. The number of pyridine rings is 1. The molecule has 42 heavy (non-hydrogen) atoms. The normalized spacial score (nSPS) is 15.7. The fraction of sp³-hybridized carbons (Fsp3) is 0.323. The SMILES string of the molecule is CC(C)COC(=O)C1(c2cc(-c3ccccc3-c3nncn3C)cc(N3Cc4c(cccc4C(F)(F)F)C3=O)n2)CC1. The molecule has 2 aromatic heterocycles. The summed E-state index contributed by atoms with van der Waals surface area (Å²) in [4.78, 5) is 32.8. The van der Waals surface area contributed by atoms with E-state index in [1.807, 2.05) is 45.2 Å². The van der Waals surface area contributed by atoms with Gasteiger partial charge in [-0.05, 0) is 59.7 Å². The van der Waals surface area contributed by atoms with Gasteiger partial charge in [-0.2, -0.15) is 13.2 Å². The van der Waals surface area contributed by atoms with Crippen LogP contribution in [-0.4, -0.2) is 38.2 Å². The molecule has 1 aliphatic heterocycles. The number of alkyl halides is 3. The van der Waals surface area contributed by atoms with E-state index in [1.165, 1.54) is 17.0 Å². The number of amides is 1. The van der Waals surface area contributed by atoms with Crippen LogP contribution in [0, 0.1) is 5.92 Å². The number of halogens is 3. The maximum atomic E-state index is 13.8. The highest BCUT2D eigenvalue weighted by atomic mass is 19.4. The molecule has 0 N–H and O–H groups in total. The van der Waals surface area contributed by atoms with Gasteiger partial charge in [0.25, 0.3) is 5.91 Å². The zero-order chi connectivity index (χ0) is 29.8. The number of rotatable bonds is 7. The first-order chi connectivity index (χ1) is 20.0. The van der Waals surface area contributed by atoms with Crippen LogP contribution in [0.3, 0.4) is 0 Å². The van der Waals surface area contributed by atoms with E-state index in [9.17, 15) is 22.8 Å². The summed E-state index contributed by atoms with van der Waals surface area (Å²) < 4.78 is 48.9. The first-order valence-electron chi connectivity index (χ1n) is 13.6. The Labute approximate surface area is 240 Å². The molecule has 0 unspecified atom stereocenters. The number of benzene rings is 2. The van der Waals surface area contributed by atoms with Crippen molar-refractivity contribution in [2.75, 3.05) is 11.5 Å². The molecule has 0 atom stereocenters. The van der Waals surface area contributed by atoms with E-state index in [2.05, 4.69) is 10.2 Å². The minimum atomic E-state index is -4.62. The van der Waals surface area contributed by atoms with Crippen molar-refractivity contribution < 1.29 is 27.5 Å². The number of hydrogen-bond donors (Lipinski definition) is 0. The summed E-state index contributed by atoms with van der Waals surface area (Å²) in [5, 5.41) is 8.24. The predicted octanol–water partition coefficient (Wildman–Crippen LogP) is 5.95. The number of anilines is 1. The Balaban J connectivity index is 1.50. The van der Waals surface area contributed by atoms with E-state index in [4.69, 9.17) is 9.72 Å². The molecule has 0 saturated heterocycles. The molecule has 1 amide bonds. The Hall–Kier alpha value is -4.54. The molecule has 0 spiro atoms. The highest BCUT2D eigenvalue weighted by molar-refractivity contribution is 6.10. The van der Waals surface area contributed by atoms with Crippen molar-refractivity contribution in [2.45, 2.75) is 44.8 Å². The molecule has 0 bridgehead atoms. The van der Waals surface area contributed by atoms with Gasteiger partial charge in [0.15, 0.2) is 5.82 Å². The lowest BCUT2D eigenvalue weighted by Gasteiger charge is -2.22. The molecule has 8 nitrogen and oxygen atoms in total. The quantitative estimate of drug-likeness (QED) is 0.253. The number of nitrogens with zero attached hydrogens (tertiary/aromatic N) is 5. The second-order valence-corrected chi connectivity index (χ2v) is 11.2. The Morgan fingerprint density at radius 2 is 1.76 bits per heavy atom. The topological polar surface area (TPSA) is 90.2 Å². The van der Waals surface area contributed by atoms with Gasteiger partial charge in [0.1, 0.15) is 17.6 Å². The van der Waals surface area contributed by atoms with Crippen molar-refractivity contribution in [1.29, 1.82) is 0 Å². The summed E-state index contributed by atoms with van der Waals surface area (Å²) in [5.74, 6) is -0.0827. The predicted molar refractivity (Wildman–Crippen MR) is 148 cm³/mol. The largest absolute Gasteiger partial charge is 0.465 e. The first kappa shape index (κ1) is 27.6. The average Bonchev–Trinajstić information content (AvgIpc) is 3.56. The van der Waals surface area contributed by atoms with Gasteiger partial charge in [-0.1, -0.05) is 44.2 Å². The van der Waals surface area contributed by atoms with Crippen molar-refractivity contribution >= 4 is 17.7 Å². The van der Waals surface area contributed by atoms with Gasteiger partial charge in [-0.15, -0.1) is 10.2 Å². The van der Waals surface area contributed by atoms with Crippen LogP contribution in [0.5, 0.6) is 0 Å². The van der Waals surface area contributed by atoms with Crippen molar-refractivity contribution in [3.63, 3.8) is 0 Å². The molecule has 6 rings (SSSR count). The molecular formula is C31H28F3N5O3. The lowest BCUT2D eigenvalue weighted by molar-refractivity contribution is -0.148. The van der Waals surface area contributed by atoms with Crippen LogP contribution < -0.4 is 4.90 Å². The van der Waals surface area contributed by atoms with Crippen LogP contribution in [-0.2, 0) is 34.7 Å². The van der Waals surface area contributed by atoms with Crippen LogP contribution in [0.1, 0.15) is 53.9 Å². The number of hydrogen-bond acceptors (Lipinski definition) is 6. The van der Waals surface area contributed by atoms with Crippen molar-refractivity contribution in [1.82, 2.24) is 19.7 Å². The summed E-state index contributed by atoms with van der Waals surface area (Å²) in [5.41, 5.74) is 0.583. The van der Waals surface area contributed by atoms with Crippen LogP contribution >= 0.6 is 0 Å². The second-order valence-electron chi connectivity index (χ2n) is 11.2. The van der Waals surface area contributed by atoms with Gasteiger partial charge >= 0.3 is 12.1 Å². The molecule has 0 radical (unpaired) electrons. The summed E-state index contributed by atoms with van der Waals surface area (Å²) in [6.07, 6.45) is -2.01. The average molecular weight is 576 g/mol. The van der Waals surface area contributed by atoms with Crippen molar-refractivity contribution in [2.24, 2.45) is 13.0 Å². The smallest absolute Gasteiger partial charge is 0.416 e. The van der Waals surface area contributed by atoms with E-state index in [0.29, 0.717) is 29.9 Å². The number of ether oxygens (including phenoxy) is 1. The van der Waals surface area contributed by atoms with Gasteiger partial charge in [0.05, 0.1) is 24.4 Å². The van der Waals surface area contributed by atoms with Crippen molar-refractivity contribution in [3.05, 3.63) is 83.3 Å².